The van der Waals surface area contributed by atoms with E-state index in [1.807, 2.05) is 12.1 Å². The van der Waals surface area contributed by atoms with E-state index in [2.05, 4.69) is 4.72 Å². The molecule has 0 bridgehead atoms. The lowest BCUT2D eigenvalue weighted by Gasteiger charge is -2.27. The van der Waals surface area contributed by atoms with Gasteiger partial charge in [-0.25, -0.2) is 17.9 Å². The van der Waals surface area contributed by atoms with Gasteiger partial charge in [0.15, 0.2) is 6.61 Å². The van der Waals surface area contributed by atoms with Crippen molar-refractivity contribution in [2.24, 2.45) is 0 Å². The Bertz CT molecular complexity index is 1380. The molecule has 0 aliphatic heterocycles. The van der Waals surface area contributed by atoms with Crippen LogP contribution in [0.25, 0.3) is 11.1 Å². The second kappa shape index (κ2) is 10.5. The van der Waals surface area contributed by atoms with Crippen LogP contribution in [-0.4, -0.2) is 51.0 Å². The third-order valence-electron chi connectivity index (χ3n) is 6.13. The first-order valence-corrected chi connectivity index (χ1v) is 13.0. The highest BCUT2D eigenvalue weighted by atomic mass is 32.2. The van der Waals surface area contributed by atoms with Gasteiger partial charge < -0.3 is 14.7 Å². The molecule has 36 heavy (non-hydrogen) atoms. The van der Waals surface area contributed by atoms with Crippen LogP contribution < -0.4 is 9.46 Å². The first kappa shape index (κ1) is 25.4. The molecule has 0 saturated heterocycles. The normalized spacial score (nSPS) is 15.1. The largest absolute Gasteiger partial charge is 0.482 e. The second-order valence-electron chi connectivity index (χ2n) is 8.88. The lowest BCUT2D eigenvalue weighted by Crippen LogP contribution is -2.31. The van der Waals surface area contributed by atoms with Crippen molar-refractivity contribution in [1.29, 1.82) is 0 Å². The van der Waals surface area contributed by atoms with Gasteiger partial charge in [0, 0.05) is 25.7 Å². The van der Waals surface area contributed by atoms with E-state index in [0.717, 1.165) is 28.7 Å². The fraction of sp³-hybridized carbons (Fsp3) is 0.259. The van der Waals surface area contributed by atoms with Gasteiger partial charge in [-0.15, -0.1) is 0 Å². The van der Waals surface area contributed by atoms with Crippen molar-refractivity contribution < 1.29 is 27.9 Å². The number of nitrogens with zero attached hydrogens (tertiary/aromatic N) is 1. The van der Waals surface area contributed by atoms with Gasteiger partial charge >= 0.3 is 5.97 Å². The summed E-state index contributed by atoms with van der Waals surface area (Å²) in [6.07, 6.45) is 2.06. The minimum atomic E-state index is -3.82. The molecule has 1 aliphatic rings. The van der Waals surface area contributed by atoms with E-state index in [-0.39, 0.29) is 10.8 Å². The van der Waals surface area contributed by atoms with E-state index in [1.54, 1.807) is 68.7 Å². The fourth-order valence-corrected chi connectivity index (χ4v) is 5.63. The Kier molecular flexibility index (Phi) is 7.42. The number of benzene rings is 3. The summed E-state index contributed by atoms with van der Waals surface area (Å²) >= 11 is 0. The summed E-state index contributed by atoms with van der Waals surface area (Å²) in [6, 6.07) is 18.6. The first-order valence-electron chi connectivity index (χ1n) is 11.6. The number of aliphatic carboxylic acids is 1. The topological polar surface area (TPSA) is 113 Å². The maximum absolute atomic E-state index is 13.2. The Morgan fingerprint density at radius 2 is 1.75 bits per heavy atom. The zero-order valence-corrected chi connectivity index (χ0v) is 20.9. The average molecular weight is 509 g/mol. The van der Waals surface area contributed by atoms with Crippen molar-refractivity contribution in [3.05, 3.63) is 83.4 Å². The molecule has 1 aliphatic carbocycles. The van der Waals surface area contributed by atoms with Crippen LogP contribution >= 0.6 is 0 Å². The van der Waals surface area contributed by atoms with Gasteiger partial charge in [-0.05, 0) is 71.8 Å². The summed E-state index contributed by atoms with van der Waals surface area (Å²) in [7, 11) is -0.437. The van der Waals surface area contributed by atoms with Gasteiger partial charge in [0.25, 0.3) is 5.91 Å². The molecule has 0 aromatic heterocycles. The van der Waals surface area contributed by atoms with E-state index < -0.39 is 28.6 Å². The molecule has 0 unspecified atom stereocenters. The van der Waals surface area contributed by atoms with Crippen molar-refractivity contribution in [3.63, 3.8) is 0 Å². The van der Waals surface area contributed by atoms with Crippen molar-refractivity contribution in [3.8, 4) is 16.9 Å². The minimum absolute atomic E-state index is 0.107. The van der Waals surface area contributed by atoms with Gasteiger partial charge in [0.05, 0.1) is 4.90 Å². The molecule has 3 aromatic carbocycles. The van der Waals surface area contributed by atoms with Crippen molar-refractivity contribution >= 4 is 21.9 Å². The SMILES string of the molecule is CN(C)C(=O)c1cccc(-c2ccc(S(=O)(=O)N[C@@H]3CCCc4c(OCC(=O)O)cccc43)cc2)c1. The summed E-state index contributed by atoms with van der Waals surface area (Å²) in [6.45, 7) is -0.453. The second-order valence-corrected chi connectivity index (χ2v) is 10.6. The van der Waals surface area contributed by atoms with Crippen LogP contribution in [0.4, 0.5) is 0 Å². The highest BCUT2D eigenvalue weighted by molar-refractivity contribution is 7.89. The van der Waals surface area contributed by atoms with E-state index >= 15 is 0 Å². The molecule has 0 spiro atoms. The molecule has 4 rings (SSSR count). The molecule has 9 heteroatoms. The number of hydrogen-bond acceptors (Lipinski definition) is 5. The van der Waals surface area contributed by atoms with Gasteiger partial charge in [0.2, 0.25) is 10.0 Å². The summed E-state index contributed by atoms with van der Waals surface area (Å²) in [4.78, 5) is 24.8. The standard InChI is InChI=1S/C27H28N2O6S/c1-29(2)27(32)20-7-3-6-19(16-20)18-12-14-21(15-13-18)36(33,34)28-24-10-4-9-23-22(24)8-5-11-25(23)35-17-26(30)31/h3,5-8,11-16,24,28H,4,9-10,17H2,1-2H3,(H,30,31)/t24-/m1/s1. The fourth-order valence-electron chi connectivity index (χ4n) is 4.38. The number of ether oxygens (including phenoxy) is 1. The summed E-state index contributed by atoms with van der Waals surface area (Å²) < 4.78 is 34.6. The third kappa shape index (κ3) is 5.58. The van der Waals surface area contributed by atoms with Gasteiger partial charge in [-0.3, -0.25) is 4.79 Å². The smallest absolute Gasteiger partial charge is 0.341 e. The molecule has 8 nitrogen and oxygen atoms in total. The number of carbonyl (C=O) groups is 2. The van der Waals surface area contributed by atoms with E-state index in [1.165, 1.54) is 4.90 Å². The highest BCUT2D eigenvalue weighted by Crippen LogP contribution is 2.36. The lowest BCUT2D eigenvalue weighted by atomic mass is 9.87. The number of amides is 1. The Hall–Kier alpha value is -3.69. The van der Waals surface area contributed by atoms with Crippen LogP contribution in [-0.2, 0) is 21.2 Å². The number of fused-ring (bicyclic) bond motifs is 1. The Morgan fingerprint density at radius 3 is 2.44 bits per heavy atom. The summed E-state index contributed by atoms with van der Waals surface area (Å²) in [5.41, 5.74) is 3.80. The van der Waals surface area contributed by atoms with E-state index in [0.29, 0.717) is 24.2 Å². The predicted molar refractivity (Wildman–Crippen MR) is 135 cm³/mol. The van der Waals surface area contributed by atoms with E-state index in [4.69, 9.17) is 9.84 Å². The monoisotopic (exact) mass is 508 g/mol. The van der Waals surface area contributed by atoms with Crippen LogP contribution in [0.1, 0.15) is 40.4 Å². The Balaban J connectivity index is 1.54. The maximum Gasteiger partial charge on any atom is 0.341 e. The third-order valence-corrected chi connectivity index (χ3v) is 7.61. The average Bonchev–Trinajstić information content (AvgIpc) is 2.87. The molecular weight excluding hydrogens is 480 g/mol. The number of hydrogen-bond donors (Lipinski definition) is 2. The maximum atomic E-state index is 13.2. The first-order chi connectivity index (χ1) is 17.2. The number of carboxylic acids is 1. The molecule has 188 valence electrons. The molecule has 0 fully saturated rings. The molecule has 0 saturated carbocycles. The van der Waals surface area contributed by atoms with E-state index in [9.17, 15) is 18.0 Å². The van der Waals surface area contributed by atoms with Gasteiger partial charge in [0.1, 0.15) is 5.75 Å². The zero-order chi connectivity index (χ0) is 25.9. The van der Waals surface area contributed by atoms with Crippen LogP contribution in [0.2, 0.25) is 0 Å². The quantitative estimate of drug-likeness (QED) is 0.478. The van der Waals surface area contributed by atoms with Gasteiger partial charge in [-0.2, -0.15) is 0 Å². The molecule has 2 N–H and O–H groups in total. The highest BCUT2D eigenvalue weighted by Gasteiger charge is 2.27. The van der Waals surface area contributed by atoms with Crippen molar-refractivity contribution in [1.82, 2.24) is 9.62 Å². The van der Waals surface area contributed by atoms with Crippen LogP contribution in [0.15, 0.2) is 71.6 Å². The lowest BCUT2D eigenvalue weighted by molar-refractivity contribution is -0.139. The predicted octanol–water partition coefficient (Wildman–Crippen LogP) is 3.87. The number of rotatable bonds is 8. The number of sulfonamides is 1. The Labute approximate surface area is 210 Å². The number of carbonyl (C=O) groups excluding carboxylic acids is 1. The number of carboxylic acid groups (broad SMARTS) is 1. The summed E-state index contributed by atoms with van der Waals surface area (Å²) in [5, 5.41) is 8.93. The molecule has 1 amide bonds. The molecular formula is C27H28N2O6S. The zero-order valence-electron chi connectivity index (χ0n) is 20.1. The van der Waals surface area contributed by atoms with Crippen LogP contribution in [0, 0.1) is 0 Å². The molecule has 0 heterocycles. The van der Waals surface area contributed by atoms with Crippen LogP contribution in [0.3, 0.4) is 0 Å². The van der Waals surface area contributed by atoms with Crippen molar-refractivity contribution in [2.45, 2.75) is 30.2 Å². The molecule has 1 atom stereocenters. The van der Waals surface area contributed by atoms with Gasteiger partial charge in [-0.1, -0.05) is 36.4 Å². The molecule has 3 aromatic rings. The van der Waals surface area contributed by atoms with Crippen molar-refractivity contribution in [2.75, 3.05) is 20.7 Å². The minimum Gasteiger partial charge on any atom is -0.482 e. The summed E-state index contributed by atoms with van der Waals surface area (Å²) in [5.74, 6) is -0.706. The Morgan fingerprint density at radius 1 is 1.03 bits per heavy atom. The molecule has 0 radical (unpaired) electrons. The van der Waals surface area contributed by atoms with Crippen LogP contribution in [0.5, 0.6) is 5.75 Å². The number of nitrogens with one attached hydrogen (secondary N) is 1.